The monoisotopic (exact) mass is 252 g/mol. The molecule has 0 saturated carbocycles. The summed E-state index contributed by atoms with van der Waals surface area (Å²) in [6, 6.07) is 5.01. The highest BCUT2D eigenvalue weighted by molar-refractivity contribution is 7.98. The van der Waals surface area contributed by atoms with Crippen molar-refractivity contribution in [3.63, 3.8) is 0 Å². The summed E-state index contributed by atoms with van der Waals surface area (Å²) in [7, 11) is 1.84. The van der Waals surface area contributed by atoms with E-state index in [1.165, 1.54) is 12.4 Å². The fraction of sp³-hybridized carbons (Fsp3) is 0.273. The summed E-state index contributed by atoms with van der Waals surface area (Å²) in [5.41, 5.74) is 7.03. The van der Waals surface area contributed by atoms with Gasteiger partial charge in [0.05, 0.1) is 0 Å². The van der Waals surface area contributed by atoms with E-state index in [0.29, 0.717) is 5.56 Å². The van der Waals surface area contributed by atoms with Crippen LogP contribution in [0.4, 0.5) is 4.39 Å². The van der Waals surface area contributed by atoms with Gasteiger partial charge in [-0.05, 0) is 11.6 Å². The minimum atomic E-state index is -0.250. The van der Waals surface area contributed by atoms with E-state index in [1.54, 1.807) is 28.6 Å². The lowest BCUT2D eigenvalue weighted by atomic mass is 10.1. The Labute approximate surface area is 103 Å². The molecule has 2 rings (SSSR count). The van der Waals surface area contributed by atoms with Gasteiger partial charge in [-0.1, -0.05) is 23.9 Å². The number of nitrogens with two attached hydrogens (primary N) is 1. The summed E-state index contributed by atoms with van der Waals surface area (Å²) < 4.78 is 14.9. The Morgan fingerprint density at radius 2 is 2.29 bits per heavy atom. The zero-order chi connectivity index (χ0) is 12.3. The maximum absolute atomic E-state index is 13.2. The first-order valence-electron chi connectivity index (χ1n) is 5.15. The first kappa shape index (κ1) is 12.1. The van der Waals surface area contributed by atoms with Gasteiger partial charge >= 0.3 is 0 Å². The lowest BCUT2D eigenvalue weighted by Crippen LogP contribution is -2.00. The minimum Gasteiger partial charge on any atom is -0.326 e. The summed E-state index contributed by atoms with van der Waals surface area (Å²) >= 11 is 1.56. The number of rotatable bonds is 4. The van der Waals surface area contributed by atoms with E-state index < -0.39 is 0 Å². The van der Waals surface area contributed by atoms with E-state index in [1.807, 2.05) is 7.05 Å². The number of nitrogens with zero attached hydrogens (tertiary/aromatic N) is 3. The molecule has 2 N–H and O–H groups in total. The summed E-state index contributed by atoms with van der Waals surface area (Å²) in [6.45, 7) is 0.217. The number of thioether (sulfide) groups is 1. The predicted molar refractivity (Wildman–Crippen MR) is 64.9 cm³/mol. The van der Waals surface area contributed by atoms with Crippen molar-refractivity contribution in [1.82, 2.24) is 14.8 Å². The lowest BCUT2D eigenvalue weighted by Gasteiger charge is -2.04. The molecule has 90 valence electrons. The van der Waals surface area contributed by atoms with Gasteiger partial charge in [0, 0.05) is 24.9 Å². The molecule has 0 bridgehead atoms. The molecule has 0 aliphatic heterocycles. The average Bonchev–Trinajstić information content (AvgIpc) is 2.74. The molecule has 0 aliphatic rings. The quantitative estimate of drug-likeness (QED) is 0.842. The number of aryl methyl sites for hydroxylation is 1. The van der Waals surface area contributed by atoms with Crippen LogP contribution < -0.4 is 5.73 Å². The maximum atomic E-state index is 13.2. The third-order valence-corrected chi connectivity index (χ3v) is 3.47. The third-order valence-electron chi connectivity index (χ3n) is 2.37. The molecule has 0 unspecified atom stereocenters. The Bertz CT molecular complexity index is 512. The Balaban J connectivity index is 2.07. The molecule has 17 heavy (non-hydrogen) atoms. The van der Waals surface area contributed by atoms with Crippen molar-refractivity contribution in [1.29, 1.82) is 0 Å². The fourth-order valence-corrected chi connectivity index (χ4v) is 2.27. The number of aromatic nitrogens is 3. The second-order valence-corrected chi connectivity index (χ2v) is 4.53. The minimum absolute atomic E-state index is 0.217. The maximum Gasteiger partial charge on any atom is 0.186 e. The first-order chi connectivity index (χ1) is 8.20. The molecule has 0 fully saturated rings. The van der Waals surface area contributed by atoms with Crippen LogP contribution >= 0.6 is 11.8 Å². The molecule has 0 amide bonds. The molecule has 1 heterocycles. The molecular weight excluding hydrogens is 239 g/mol. The molecule has 1 aromatic heterocycles. The molecule has 4 nitrogen and oxygen atoms in total. The van der Waals surface area contributed by atoms with E-state index in [2.05, 4.69) is 10.1 Å². The SMILES string of the molecule is Cn1ncnc1SCc1ccc(F)c(CN)c1. The van der Waals surface area contributed by atoms with E-state index >= 15 is 0 Å². The Kier molecular flexibility index (Phi) is 3.75. The predicted octanol–water partition coefficient (Wildman–Crippen LogP) is 1.71. The van der Waals surface area contributed by atoms with Crippen molar-refractivity contribution in [2.24, 2.45) is 12.8 Å². The van der Waals surface area contributed by atoms with Crippen LogP contribution in [-0.2, 0) is 19.3 Å². The van der Waals surface area contributed by atoms with E-state index in [0.717, 1.165) is 16.5 Å². The third kappa shape index (κ3) is 2.83. The van der Waals surface area contributed by atoms with E-state index in [9.17, 15) is 4.39 Å². The summed E-state index contributed by atoms with van der Waals surface area (Å²) in [6.07, 6.45) is 1.51. The highest BCUT2D eigenvalue weighted by Crippen LogP contribution is 2.21. The highest BCUT2D eigenvalue weighted by atomic mass is 32.2. The van der Waals surface area contributed by atoms with Crippen LogP contribution in [0.15, 0.2) is 29.7 Å². The molecule has 0 spiro atoms. The summed E-state index contributed by atoms with van der Waals surface area (Å²) in [5, 5.41) is 4.82. The Morgan fingerprint density at radius 3 is 2.94 bits per heavy atom. The molecule has 1 aromatic carbocycles. The van der Waals surface area contributed by atoms with Crippen LogP contribution in [0.5, 0.6) is 0 Å². The van der Waals surface area contributed by atoms with Crippen LogP contribution in [0.25, 0.3) is 0 Å². The molecule has 6 heteroatoms. The summed E-state index contributed by atoms with van der Waals surface area (Å²) in [4.78, 5) is 4.11. The van der Waals surface area contributed by atoms with E-state index in [4.69, 9.17) is 5.73 Å². The normalized spacial score (nSPS) is 10.8. The first-order valence-corrected chi connectivity index (χ1v) is 6.13. The highest BCUT2D eigenvalue weighted by Gasteiger charge is 2.05. The number of hydrogen-bond acceptors (Lipinski definition) is 4. The van der Waals surface area contributed by atoms with Gasteiger partial charge in [0.15, 0.2) is 5.16 Å². The smallest absolute Gasteiger partial charge is 0.186 e. The Morgan fingerprint density at radius 1 is 1.47 bits per heavy atom. The van der Waals surface area contributed by atoms with Gasteiger partial charge in [-0.25, -0.2) is 14.1 Å². The molecule has 0 radical (unpaired) electrons. The number of hydrogen-bond donors (Lipinski definition) is 1. The molecule has 2 aromatic rings. The zero-order valence-corrected chi connectivity index (χ0v) is 10.2. The molecule has 0 atom stereocenters. The van der Waals surface area contributed by atoms with Crippen LogP contribution in [-0.4, -0.2) is 14.8 Å². The molecule has 0 saturated heterocycles. The fourth-order valence-electron chi connectivity index (χ4n) is 1.44. The summed E-state index contributed by atoms with van der Waals surface area (Å²) in [5.74, 6) is 0.472. The standard InChI is InChI=1S/C11H13FN4S/c1-16-11(14-7-15-16)17-6-8-2-3-10(12)9(4-8)5-13/h2-4,7H,5-6,13H2,1H3. The second kappa shape index (κ2) is 5.29. The van der Waals surface area contributed by atoms with Crippen LogP contribution in [0.2, 0.25) is 0 Å². The second-order valence-electron chi connectivity index (χ2n) is 3.58. The zero-order valence-electron chi connectivity index (χ0n) is 9.43. The van der Waals surface area contributed by atoms with Crippen LogP contribution in [0.3, 0.4) is 0 Å². The van der Waals surface area contributed by atoms with E-state index in [-0.39, 0.29) is 12.4 Å². The largest absolute Gasteiger partial charge is 0.326 e. The van der Waals surface area contributed by atoms with Gasteiger partial charge in [-0.3, -0.25) is 0 Å². The van der Waals surface area contributed by atoms with Crippen molar-refractivity contribution < 1.29 is 4.39 Å². The van der Waals surface area contributed by atoms with Gasteiger partial charge in [-0.15, -0.1) is 0 Å². The molecular formula is C11H13FN4S. The van der Waals surface area contributed by atoms with Crippen molar-refractivity contribution in [2.75, 3.05) is 0 Å². The lowest BCUT2D eigenvalue weighted by molar-refractivity contribution is 0.610. The van der Waals surface area contributed by atoms with Crippen LogP contribution in [0, 0.1) is 5.82 Å². The topological polar surface area (TPSA) is 56.7 Å². The van der Waals surface area contributed by atoms with Crippen molar-refractivity contribution >= 4 is 11.8 Å². The van der Waals surface area contributed by atoms with Gasteiger partial charge in [-0.2, -0.15) is 5.10 Å². The van der Waals surface area contributed by atoms with Gasteiger partial charge in [0.25, 0.3) is 0 Å². The van der Waals surface area contributed by atoms with Crippen molar-refractivity contribution in [2.45, 2.75) is 17.5 Å². The average molecular weight is 252 g/mol. The van der Waals surface area contributed by atoms with Crippen molar-refractivity contribution in [3.05, 3.63) is 41.5 Å². The number of halogens is 1. The van der Waals surface area contributed by atoms with Gasteiger partial charge < -0.3 is 5.73 Å². The van der Waals surface area contributed by atoms with Gasteiger partial charge in [0.1, 0.15) is 12.1 Å². The molecule has 0 aliphatic carbocycles. The van der Waals surface area contributed by atoms with Crippen molar-refractivity contribution in [3.8, 4) is 0 Å². The Hall–Kier alpha value is -1.40. The van der Waals surface area contributed by atoms with Crippen LogP contribution in [0.1, 0.15) is 11.1 Å². The van der Waals surface area contributed by atoms with Gasteiger partial charge in [0.2, 0.25) is 0 Å². The number of benzene rings is 1.